The van der Waals surface area contributed by atoms with E-state index < -0.39 is 0 Å². The number of rotatable bonds is 3. The van der Waals surface area contributed by atoms with Crippen LogP contribution in [0.2, 0.25) is 0 Å². The molecule has 2 aromatic heterocycles. The van der Waals surface area contributed by atoms with Gasteiger partial charge in [-0.05, 0) is 0 Å². The molecule has 2 heterocycles. The van der Waals surface area contributed by atoms with Gasteiger partial charge in [0.2, 0.25) is 5.13 Å². The number of urea groups is 1. The third-order valence-corrected chi connectivity index (χ3v) is 3.01. The first-order chi connectivity index (χ1) is 9.45. The molecule has 0 atom stereocenters. The van der Waals surface area contributed by atoms with Gasteiger partial charge in [0.15, 0.2) is 0 Å². The van der Waals surface area contributed by atoms with Crippen molar-refractivity contribution in [3.05, 3.63) is 30.1 Å². The number of carbonyl (C=O) groups is 1. The van der Waals surface area contributed by atoms with Gasteiger partial charge >= 0.3 is 6.03 Å². The standard InChI is InChI=1S/C12H16N6OS/c1-12(2,3)9-16-11(20-18-9)17-10(19)15-6-8-4-13-7-14-5-8/h4-5,7H,6H2,1-3H3,(H2,15,16,17,18,19). The molecule has 20 heavy (non-hydrogen) atoms. The average Bonchev–Trinajstić information content (AvgIpc) is 2.86. The fourth-order valence-electron chi connectivity index (χ4n) is 1.32. The summed E-state index contributed by atoms with van der Waals surface area (Å²) in [6.07, 6.45) is 4.74. The van der Waals surface area contributed by atoms with Crippen molar-refractivity contribution in [2.24, 2.45) is 0 Å². The third-order valence-electron chi connectivity index (χ3n) is 2.38. The predicted octanol–water partition coefficient (Wildman–Crippen LogP) is 1.95. The van der Waals surface area contributed by atoms with Gasteiger partial charge in [-0.15, -0.1) is 0 Å². The van der Waals surface area contributed by atoms with Crippen molar-refractivity contribution in [3.8, 4) is 0 Å². The first kappa shape index (κ1) is 14.3. The van der Waals surface area contributed by atoms with Crippen LogP contribution in [0.25, 0.3) is 0 Å². The lowest BCUT2D eigenvalue weighted by Crippen LogP contribution is -2.28. The molecule has 0 bridgehead atoms. The summed E-state index contributed by atoms with van der Waals surface area (Å²) in [5, 5.41) is 5.85. The van der Waals surface area contributed by atoms with E-state index in [0.29, 0.717) is 17.5 Å². The predicted molar refractivity (Wildman–Crippen MR) is 76.5 cm³/mol. The van der Waals surface area contributed by atoms with Crippen molar-refractivity contribution in [2.45, 2.75) is 32.7 Å². The molecule has 2 amide bonds. The number of nitrogens with one attached hydrogen (secondary N) is 2. The van der Waals surface area contributed by atoms with Crippen LogP contribution in [0.3, 0.4) is 0 Å². The van der Waals surface area contributed by atoms with Crippen LogP contribution in [0, 0.1) is 0 Å². The van der Waals surface area contributed by atoms with E-state index in [1.165, 1.54) is 17.9 Å². The molecule has 0 saturated carbocycles. The molecule has 8 heteroatoms. The Kier molecular flexibility index (Phi) is 4.23. The molecule has 0 unspecified atom stereocenters. The van der Waals surface area contributed by atoms with Crippen LogP contribution in [0.1, 0.15) is 32.2 Å². The fourth-order valence-corrected chi connectivity index (χ4v) is 2.08. The second-order valence-corrected chi connectivity index (χ2v) is 5.98. The van der Waals surface area contributed by atoms with Crippen molar-refractivity contribution in [2.75, 3.05) is 5.32 Å². The Morgan fingerprint density at radius 3 is 2.60 bits per heavy atom. The van der Waals surface area contributed by atoms with Gasteiger partial charge < -0.3 is 5.32 Å². The SMILES string of the molecule is CC(C)(C)c1nsc(NC(=O)NCc2cncnc2)n1. The zero-order valence-electron chi connectivity index (χ0n) is 11.5. The molecular weight excluding hydrogens is 276 g/mol. The van der Waals surface area contributed by atoms with Gasteiger partial charge in [-0.3, -0.25) is 5.32 Å². The molecule has 0 fully saturated rings. The molecule has 7 nitrogen and oxygen atoms in total. The van der Waals surface area contributed by atoms with Gasteiger partial charge in [0.25, 0.3) is 0 Å². The highest BCUT2D eigenvalue weighted by Gasteiger charge is 2.20. The largest absolute Gasteiger partial charge is 0.334 e. The van der Waals surface area contributed by atoms with E-state index in [0.717, 1.165) is 5.56 Å². The van der Waals surface area contributed by atoms with E-state index in [2.05, 4.69) is 30.0 Å². The zero-order chi connectivity index (χ0) is 14.6. The second kappa shape index (κ2) is 5.91. The summed E-state index contributed by atoms with van der Waals surface area (Å²) in [7, 11) is 0. The lowest BCUT2D eigenvalue weighted by molar-refractivity contribution is 0.251. The molecule has 0 aliphatic rings. The van der Waals surface area contributed by atoms with Crippen LogP contribution in [0.15, 0.2) is 18.7 Å². The fraction of sp³-hybridized carbons (Fsp3) is 0.417. The summed E-state index contributed by atoms with van der Waals surface area (Å²) >= 11 is 1.17. The number of aromatic nitrogens is 4. The highest BCUT2D eigenvalue weighted by Crippen LogP contribution is 2.22. The summed E-state index contributed by atoms with van der Waals surface area (Å²) in [5.41, 5.74) is 0.698. The van der Waals surface area contributed by atoms with Crippen LogP contribution in [0.5, 0.6) is 0 Å². The summed E-state index contributed by atoms with van der Waals surface area (Å²) in [6, 6.07) is -0.328. The third kappa shape index (κ3) is 3.95. The molecule has 2 rings (SSSR count). The molecule has 0 saturated heterocycles. The number of hydrogen-bond acceptors (Lipinski definition) is 6. The Morgan fingerprint density at radius 1 is 1.30 bits per heavy atom. The van der Waals surface area contributed by atoms with Crippen molar-refractivity contribution in [1.82, 2.24) is 24.6 Å². The van der Waals surface area contributed by atoms with Crippen LogP contribution in [-0.2, 0) is 12.0 Å². The smallest absolute Gasteiger partial charge is 0.321 e. The maximum atomic E-state index is 11.7. The van der Waals surface area contributed by atoms with Gasteiger partial charge in [0.1, 0.15) is 12.2 Å². The van der Waals surface area contributed by atoms with Crippen LogP contribution >= 0.6 is 11.5 Å². The monoisotopic (exact) mass is 292 g/mol. The summed E-state index contributed by atoms with van der Waals surface area (Å²) in [6.45, 7) is 6.43. The highest BCUT2D eigenvalue weighted by atomic mass is 32.1. The Bertz CT molecular complexity index is 577. The van der Waals surface area contributed by atoms with E-state index in [1.54, 1.807) is 12.4 Å². The average molecular weight is 292 g/mol. The molecule has 0 aliphatic carbocycles. The highest BCUT2D eigenvalue weighted by molar-refractivity contribution is 7.09. The van der Waals surface area contributed by atoms with Gasteiger partial charge in [-0.25, -0.2) is 19.7 Å². The second-order valence-electron chi connectivity index (χ2n) is 5.23. The summed E-state index contributed by atoms with van der Waals surface area (Å²) in [5.74, 6) is 0.717. The zero-order valence-corrected chi connectivity index (χ0v) is 12.4. The van der Waals surface area contributed by atoms with E-state index in [1.807, 2.05) is 20.8 Å². The number of amides is 2. The normalized spacial score (nSPS) is 11.2. The van der Waals surface area contributed by atoms with E-state index in [4.69, 9.17) is 0 Å². The Morgan fingerprint density at radius 2 is 2.00 bits per heavy atom. The minimum atomic E-state index is -0.328. The van der Waals surface area contributed by atoms with Gasteiger partial charge in [0.05, 0.1) is 0 Å². The lowest BCUT2D eigenvalue weighted by atomic mass is 9.96. The molecule has 0 aliphatic heterocycles. The minimum absolute atomic E-state index is 0.131. The van der Waals surface area contributed by atoms with Crippen LogP contribution in [0.4, 0.5) is 9.93 Å². The molecule has 0 radical (unpaired) electrons. The van der Waals surface area contributed by atoms with Crippen molar-refractivity contribution < 1.29 is 4.79 Å². The first-order valence-electron chi connectivity index (χ1n) is 6.08. The number of nitrogens with zero attached hydrogens (tertiary/aromatic N) is 4. The first-order valence-corrected chi connectivity index (χ1v) is 6.85. The number of anilines is 1. The number of hydrogen-bond donors (Lipinski definition) is 2. The van der Waals surface area contributed by atoms with Crippen LogP contribution in [-0.4, -0.2) is 25.4 Å². The maximum Gasteiger partial charge on any atom is 0.321 e. The van der Waals surface area contributed by atoms with Gasteiger partial charge in [-0.1, -0.05) is 20.8 Å². The summed E-state index contributed by atoms with van der Waals surface area (Å²) in [4.78, 5) is 23.8. The molecule has 106 valence electrons. The van der Waals surface area contributed by atoms with Gasteiger partial charge in [-0.2, -0.15) is 4.37 Å². The Hall–Kier alpha value is -2.09. The molecule has 0 aromatic carbocycles. The van der Waals surface area contributed by atoms with Crippen molar-refractivity contribution in [3.63, 3.8) is 0 Å². The maximum absolute atomic E-state index is 11.7. The van der Waals surface area contributed by atoms with E-state index in [-0.39, 0.29) is 11.4 Å². The van der Waals surface area contributed by atoms with Crippen molar-refractivity contribution >= 4 is 22.7 Å². The van der Waals surface area contributed by atoms with Gasteiger partial charge in [0, 0.05) is 41.4 Å². The Balaban J connectivity index is 1.87. The molecule has 2 aromatic rings. The van der Waals surface area contributed by atoms with E-state index >= 15 is 0 Å². The number of carbonyl (C=O) groups excluding carboxylic acids is 1. The lowest BCUT2D eigenvalue weighted by Gasteiger charge is -2.12. The summed E-state index contributed by atoms with van der Waals surface area (Å²) < 4.78 is 4.23. The topological polar surface area (TPSA) is 92.7 Å². The minimum Gasteiger partial charge on any atom is -0.334 e. The van der Waals surface area contributed by atoms with Crippen molar-refractivity contribution in [1.29, 1.82) is 0 Å². The van der Waals surface area contributed by atoms with E-state index in [9.17, 15) is 4.79 Å². The van der Waals surface area contributed by atoms with Crippen LogP contribution < -0.4 is 10.6 Å². The molecular formula is C12H16N6OS. The Labute approximate surface area is 121 Å². The molecule has 2 N–H and O–H groups in total. The molecule has 0 spiro atoms. The quantitative estimate of drug-likeness (QED) is 0.902.